The molecule has 58 heavy (non-hydrogen) atoms. The molecule has 1 aliphatic heterocycles. The second-order valence-electron chi connectivity index (χ2n) is 11.9. The number of nitrogens with one attached hydrogen (secondary N) is 1. The van der Waals surface area contributed by atoms with Gasteiger partial charge in [0.25, 0.3) is 5.91 Å². The van der Waals surface area contributed by atoms with Crippen molar-refractivity contribution >= 4 is 5.91 Å². The van der Waals surface area contributed by atoms with Crippen LogP contribution < -0.4 is 11.1 Å². The molecule has 0 aliphatic carbocycles. The zero-order chi connectivity index (χ0) is 41.9. The Bertz CT molecular complexity index is 2420. The summed E-state index contributed by atoms with van der Waals surface area (Å²) in [5, 5.41) is 2.91. The van der Waals surface area contributed by atoms with Crippen LogP contribution in [0.3, 0.4) is 0 Å². The first kappa shape index (κ1) is 46.4. The number of carbonyl (C=O) groups is 1. The molecule has 0 saturated carbocycles. The maximum atomic E-state index is 12.9. The molecule has 1 aromatic rings. The Morgan fingerprint density at radius 2 is 1.19 bits per heavy atom. The Kier molecular flexibility index (Phi) is 24.5. The largest absolute Gasteiger partial charge is 0.350 e. The highest BCUT2D eigenvalue weighted by Gasteiger charge is 2.42. The lowest BCUT2D eigenvalue weighted by atomic mass is 9.75. The fourth-order valence-corrected chi connectivity index (χ4v) is 5.46. The van der Waals surface area contributed by atoms with Crippen LogP contribution in [-0.2, 0) is 20.7 Å². The minimum absolute atomic E-state index is 0.00601. The summed E-state index contributed by atoms with van der Waals surface area (Å²) in [5.74, 6) is 60.0. The molecular weight excluding hydrogens is 713 g/mol. The predicted molar refractivity (Wildman–Crippen MR) is 233 cm³/mol. The zero-order valence-corrected chi connectivity index (χ0v) is 32.6. The van der Waals surface area contributed by atoms with Gasteiger partial charge in [-0.2, -0.15) is 0 Å². The molecule has 282 valence electrons. The molecule has 1 heterocycles. The number of benzene rings is 1. The van der Waals surface area contributed by atoms with E-state index in [-0.39, 0.29) is 30.5 Å². The number of carbonyl (C=O) groups excluding carboxylic acids is 1. The molecule has 1 saturated heterocycles. The molecule has 2 rings (SSSR count). The Morgan fingerprint density at radius 1 is 0.707 bits per heavy atom. The quantitative estimate of drug-likeness (QED) is 0.150. The van der Waals surface area contributed by atoms with E-state index in [1.54, 1.807) is 6.92 Å². The summed E-state index contributed by atoms with van der Waals surface area (Å²) in [6, 6.07) is 9.31. The number of hydrogen-bond donors (Lipinski definition) is 2. The standard InChI is InChI=1S/C53H42N2O3/c1-6-11-12-13-14-15-16-17-18-19-20-21-22-23-24-25-26-27-28-29-30-31-35-43-52(56)55-50(49(54)42-37-36-41-45-39-33-32-34-40-45)44-57-53-48(10-5)46(8-3)47(9-4)51(58-53)38-7-2/h7-10,32-34,39-40,46-51,53H,2-5,36-38,41-42,44,54H2,1H3,(H,55,56)/t46?,47-,48-,49-,50+,51?,53-/m1/s1. The van der Waals surface area contributed by atoms with Crippen molar-refractivity contribution in [2.24, 2.45) is 23.5 Å². The van der Waals surface area contributed by atoms with Gasteiger partial charge >= 0.3 is 0 Å². The molecule has 0 aromatic heterocycles. The van der Waals surface area contributed by atoms with Gasteiger partial charge in [-0.25, -0.2) is 0 Å². The van der Waals surface area contributed by atoms with Crippen molar-refractivity contribution in [3.8, 4) is 142 Å². The Labute approximate surface area is 346 Å². The normalized spacial score (nSPS) is 17.0. The number of unbranched alkanes of at least 4 members (excludes halogenated alkanes) is 1. The summed E-state index contributed by atoms with van der Waals surface area (Å²) >= 11 is 0. The van der Waals surface area contributed by atoms with E-state index < -0.39 is 24.3 Å². The second-order valence-corrected chi connectivity index (χ2v) is 11.9. The maximum Gasteiger partial charge on any atom is 0.297 e. The fraction of sp³-hybridized carbons (Fsp3) is 0.264. The number of amides is 1. The lowest BCUT2D eigenvalue weighted by molar-refractivity contribution is -0.235. The number of rotatable bonds is 15. The van der Waals surface area contributed by atoms with Crippen molar-refractivity contribution in [3.05, 3.63) is 86.5 Å². The molecule has 7 atom stereocenters. The first-order valence-electron chi connectivity index (χ1n) is 18.3. The van der Waals surface area contributed by atoms with Crippen LogP contribution in [0.25, 0.3) is 0 Å². The number of aryl methyl sites for hydroxylation is 1. The first-order chi connectivity index (χ1) is 28.5. The Hall–Kier alpha value is -7.75. The highest BCUT2D eigenvalue weighted by Crippen LogP contribution is 2.39. The van der Waals surface area contributed by atoms with Crippen LogP contribution in [-0.4, -0.2) is 37.0 Å². The molecule has 1 fully saturated rings. The minimum atomic E-state index is -0.639. The highest BCUT2D eigenvalue weighted by molar-refractivity contribution is 5.94. The Balaban J connectivity index is 2.01. The maximum absolute atomic E-state index is 12.9. The SMILES string of the molecule is C=CCC1O[C@@H](OC[C@H](NC(=O)C#CC#CC#CC#CC#CC#CC#CC#CC#CC#CC#CC#CC)[C@H](N)CCCCc2ccccc2)[C@H](C=C)C(C=C)[C@H]1C=C. The van der Waals surface area contributed by atoms with E-state index in [4.69, 9.17) is 15.2 Å². The molecule has 0 bridgehead atoms. The van der Waals surface area contributed by atoms with Gasteiger partial charge in [-0.05, 0) is 139 Å². The molecule has 1 amide bonds. The van der Waals surface area contributed by atoms with E-state index in [1.165, 1.54) is 5.56 Å². The molecule has 0 spiro atoms. The summed E-state index contributed by atoms with van der Waals surface area (Å²) in [6.45, 7) is 17.8. The smallest absolute Gasteiger partial charge is 0.297 e. The van der Waals surface area contributed by atoms with Crippen molar-refractivity contribution < 1.29 is 14.3 Å². The topological polar surface area (TPSA) is 73.6 Å². The van der Waals surface area contributed by atoms with E-state index in [1.807, 2.05) is 42.5 Å². The van der Waals surface area contributed by atoms with Crippen LogP contribution in [0.1, 0.15) is 38.2 Å². The lowest BCUT2D eigenvalue weighted by Gasteiger charge is -2.44. The van der Waals surface area contributed by atoms with E-state index in [0.29, 0.717) is 12.8 Å². The van der Waals surface area contributed by atoms with Gasteiger partial charge in [0.15, 0.2) is 6.29 Å². The molecule has 5 heteroatoms. The van der Waals surface area contributed by atoms with E-state index in [0.717, 1.165) is 19.3 Å². The molecule has 1 aliphatic rings. The molecule has 2 unspecified atom stereocenters. The molecule has 1 aromatic carbocycles. The third-order valence-corrected chi connectivity index (χ3v) is 8.14. The molecule has 3 N–H and O–H groups in total. The van der Waals surface area contributed by atoms with Crippen molar-refractivity contribution in [2.45, 2.75) is 63.5 Å². The number of allylic oxidation sites excluding steroid dienone is 1. The average Bonchev–Trinajstić information content (AvgIpc) is 3.24. The summed E-state index contributed by atoms with van der Waals surface area (Å²) in [5.41, 5.74) is 7.94. The van der Waals surface area contributed by atoms with Crippen LogP contribution in [0.2, 0.25) is 0 Å². The number of nitrogens with two attached hydrogens (primary N) is 1. The summed E-state index contributed by atoms with van der Waals surface area (Å²) in [7, 11) is 0. The van der Waals surface area contributed by atoms with Crippen LogP contribution in [0.5, 0.6) is 0 Å². The average molecular weight is 755 g/mol. The molecular formula is C53H42N2O3. The number of hydrogen-bond acceptors (Lipinski definition) is 4. The monoisotopic (exact) mass is 754 g/mol. The van der Waals surface area contributed by atoms with Gasteiger partial charge in [-0.3, -0.25) is 4.79 Å². The fourth-order valence-electron chi connectivity index (χ4n) is 5.46. The molecule has 0 radical (unpaired) electrons. The second kappa shape index (κ2) is 30.6. The minimum Gasteiger partial charge on any atom is -0.350 e. The summed E-state index contributed by atoms with van der Waals surface area (Å²) in [6.07, 6.45) is 10.6. The van der Waals surface area contributed by atoms with Crippen molar-refractivity contribution in [1.82, 2.24) is 5.32 Å². The summed E-state index contributed by atoms with van der Waals surface area (Å²) in [4.78, 5) is 12.9. The third kappa shape index (κ3) is 19.5. The van der Waals surface area contributed by atoms with E-state index in [9.17, 15) is 4.79 Å². The molecule has 5 nitrogen and oxygen atoms in total. The van der Waals surface area contributed by atoms with Gasteiger partial charge < -0.3 is 20.5 Å². The predicted octanol–water partition coefficient (Wildman–Crippen LogP) is 5.00. The summed E-state index contributed by atoms with van der Waals surface area (Å²) < 4.78 is 12.7. The first-order valence-corrected chi connectivity index (χ1v) is 18.3. The highest BCUT2D eigenvalue weighted by atomic mass is 16.7. The van der Waals surface area contributed by atoms with Gasteiger partial charge in [0.1, 0.15) is 0 Å². The van der Waals surface area contributed by atoms with Crippen molar-refractivity contribution in [3.63, 3.8) is 0 Å². The van der Waals surface area contributed by atoms with Gasteiger partial charge in [-0.1, -0.05) is 67.0 Å². The van der Waals surface area contributed by atoms with Crippen LogP contribution in [0.4, 0.5) is 0 Å². The van der Waals surface area contributed by atoms with Crippen LogP contribution in [0, 0.1) is 160 Å². The van der Waals surface area contributed by atoms with E-state index >= 15 is 0 Å². The van der Waals surface area contributed by atoms with Gasteiger partial charge in [0.05, 0.1) is 18.8 Å². The Morgan fingerprint density at radius 3 is 1.66 bits per heavy atom. The zero-order valence-electron chi connectivity index (χ0n) is 32.6. The third-order valence-electron chi connectivity index (χ3n) is 8.14. The lowest BCUT2D eigenvalue weighted by Crippen LogP contribution is -2.53. The number of ether oxygens (including phenoxy) is 2. The van der Waals surface area contributed by atoms with Crippen LogP contribution >= 0.6 is 0 Å². The van der Waals surface area contributed by atoms with Crippen molar-refractivity contribution in [1.29, 1.82) is 0 Å². The van der Waals surface area contributed by atoms with Gasteiger partial charge in [0.2, 0.25) is 0 Å². The van der Waals surface area contributed by atoms with Crippen LogP contribution in [0.15, 0.2) is 81.0 Å². The van der Waals surface area contributed by atoms with Gasteiger partial charge in [0, 0.05) is 59.3 Å². The van der Waals surface area contributed by atoms with Gasteiger partial charge in [-0.15, -0.1) is 26.3 Å². The van der Waals surface area contributed by atoms with E-state index in [2.05, 4.69) is 186 Å². The van der Waals surface area contributed by atoms with Crippen molar-refractivity contribution in [2.75, 3.05) is 6.61 Å².